The number of hydrogen-bond donors (Lipinski definition) is 1. The van der Waals surface area contributed by atoms with E-state index in [2.05, 4.69) is 15.3 Å². The maximum atomic E-state index is 13.1. The van der Waals surface area contributed by atoms with E-state index in [0.29, 0.717) is 11.3 Å². The molecule has 3 heterocycles. The number of benzene rings is 1. The normalized spacial score (nSPS) is 16.2. The number of para-hydroxylation sites is 1. The molecule has 3 aromatic rings. The number of nitrogens with zero attached hydrogens (tertiary/aromatic N) is 4. The molecule has 1 atom stereocenters. The third-order valence-corrected chi connectivity index (χ3v) is 4.95. The third kappa shape index (κ3) is 4.05. The van der Waals surface area contributed by atoms with Crippen molar-refractivity contribution in [2.45, 2.75) is 13.0 Å². The Labute approximate surface area is 164 Å². The van der Waals surface area contributed by atoms with Gasteiger partial charge in [-0.05, 0) is 25.1 Å². The number of pyridine rings is 1. The Kier molecular flexibility index (Phi) is 5.36. The van der Waals surface area contributed by atoms with E-state index in [4.69, 9.17) is 9.72 Å². The molecule has 0 aliphatic carbocycles. The van der Waals surface area contributed by atoms with E-state index in [9.17, 15) is 4.79 Å². The zero-order valence-corrected chi connectivity index (χ0v) is 16.3. The third-order valence-electron chi connectivity index (χ3n) is 4.95. The van der Waals surface area contributed by atoms with Crippen molar-refractivity contribution in [2.75, 3.05) is 32.8 Å². The summed E-state index contributed by atoms with van der Waals surface area (Å²) in [6, 6.07) is 11.5. The van der Waals surface area contributed by atoms with Crippen LogP contribution in [0.2, 0.25) is 0 Å². The van der Waals surface area contributed by atoms with Crippen LogP contribution in [0.5, 0.6) is 0 Å². The quantitative estimate of drug-likeness (QED) is 0.735. The molecule has 1 saturated heterocycles. The summed E-state index contributed by atoms with van der Waals surface area (Å²) in [6.07, 6.45) is 1.87. The second-order valence-electron chi connectivity index (χ2n) is 7.23. The first-order valence-electron chi connectivity index (χ1n) is 9.61. The van der Waals surface area contributed by atoms with Crippen LogP contribution in [0, 0.1) is 0 Å². The predicted molar refractivity (Wildman–Crippen MR) is 108 cm³/mol. The van der Waals surface area contributed by atoms with Crippen LogP contribution in [0.4, 0.5) is 0 Å². The molecule has 7 heteroatoms. The number of hydrogen-bond acceptors (Lipinski definition) is 5. The molecule has 0 saturated carbocycles. The van der Waals surface area contributed by atoms with Crippen molar-refractivity contribution in [1.82, 2.24) is 25.0 Å². The molecule has 1 aromatic carbocycles. The lowest BCUT2D eigenvalue weighted by molar-refractivity contribution is 0.0342. The zero-order valence-electron chi connectivity index (χ0n) is 16.3. The van der Waals surface area contributed by atoms with Crippen molar-refractivity contribution in [3.05, 3.63) is 48.2 Å². The van der Waals surface area contributed by atoms with Crippen molar-refractivity contribution in [1.29, 1.82) is 0 Å². The van der Waals surface area contributed by atoms with E-state index >= 15 is 0 Å². The molecule has 1 aliphatic rings. The van der Waals surface area contributed by atoms with Crippen LogP contribution in [0.25, 0.3) is 22.3 Å². The number of nitrogens with one attached hydrogen (secondary N) is 1. The van der Waals surface area contributed by atoms with Gasteiger partial charge in [0.2, 0.25) is 0 Å². The van der Waals surface area contributed by atoms with Gasteiger partial charge in [0.1, 0.15) is 5.69 Å². The number of carbonyl (C=O) groups is 1. The number of carbonyl (C=O) groups excluding carboxylic acids is 1. The molecule has 0 radical (unpaired) electrons. The summed E-state index contributed by atoms with van der Waals surface area (Å²) < 4.78 is 7.13. The molecule has 7 nitrogen and oxygen atoms in total. The lowest BCUT2D eigenvalue weighted by Gasteiger charge is -2.29. The Morgan fingerprint density at radius 2 is 2.00 bits per heavy atom. The minimum Gasteiger partial charge on any atom is -0.379 e. The average molecular weight is 379 g/mol. The van der Waals surface area contributed by atoms with Crippen molar-refractivity contribution < 1.29 is 9.53 Å². The van der Waals surface area contributed by atoms with Crippen LogP contribution < -0.4 is 5.32 Å². The van der Waals surface area contributed by atoms with Crippen LogP contribution in [0.1, 0.15) is 17.3 Å². The molecule has 1 N–H and O–H groups in total. The maximum absolute atomic E-state index is 13.1. The number of aromatic nitrogens is 3. The predicted octanol–water partition coefficient (Wildman–Crippen LogP) is 2.09. The summed E-state index contributed by atoms with van der Waals surface area (Å²) in [7, 11) is 1.87. The van der Waals surface area contributed by atoms with Crippen LogP contribution >= 0.6 is 0 Å². The Morgan fingerprint density at radius 1 is 1.21 bits per heavy atom. The van der Waals surface area contributed by atoms with Crippen molar-refractivity contribution in [3.63, 3.8) is 0 Å². The zero-order chi connectivity index (χ0) is 19.5. The largest absolute Gasteiger partial charge is 0.379 e. The molecule has 0 spiro atoms. The van der Waals surface area contributed by atoms with Crippen molar-refractivity contribution >= 4 is 16.8 Å². The molecule has 146 valence electrons. The van der Waals surface area contributed by atoms with Crippen molar-refractivity contribution in [3.8, 4) is 11.4 Å². The van der Waals surface area contributed by atoms with Gasteiger partial charge >= 0.3 is 0 Å². The summed E-state index contributed by atoms with van der Waals surface area (Å²) in [5, 5.41) is 8.42. The molecule has 1 aliphatic heterocycles. The summed E-state index contributed by atoms with van der Waals surface area (Å²) in [4.78, 5) is 20.1. The van der Waals surface area contributed by atoms with Gasteiger partial charge in [0, 0.05) is 44.3 Å². The van der Waals surface area contributed by atoms with Gasteiger partial charge < -0.3 is 10.1 Å². The first kappa shape index (κ1) is 18.6. The molecule has 1 amide bonds. The van der Waals surface area contributed by atoms with E-state index < -0.39 is 0 Å². The second kappa shape index (κ2) is 8.08. The van der Waals surface area contributed by atoms with Gasteiger partial charge in [-0.1, -0.05) is 18.2 Å². The summed E-state index contributed by atoms with van der Waals surface area (Å²) in [5.41, 5.74) is 2.87. The van der Waals surface area contributed by atoms with Gasteiger partial charge in [-0.3, -0.25) is 14.4 Å². The molecular formula is C21H25N5O2. The number of fused-ring (bicyclic) bond motifs is 1. The monoisotopic (exact) mass is 379 g/mol. The number of amides is 1. The van der Waals surface area contributed by atoms with Crippen LogP contribution in [-0.2, 0) is 11.8 Å². The summed E-state index contributed by atoms with van der Waals surface area (Å²) in [6.45, 7) is 6.16. The molecule has 4 rings (SSSR count). The smallest absolute Gasteiger partial charge is 0.252 e. The Hall–Kier alpha value is -2.77. The SMILES string of the molecule is C[C@H](CN1CCOCC1)NC(=O)c1cc(-c2ccn(C)n2)nc2ccccc12. The first-order valence-corrected chi connectivity index (χ1v) is 9.61. The van der Waals surface area contributed by atoms with E-state index in [-0.39, 0.29) is 11.9 Å². The lowest BCUT2D eigenvalue weighted by Crippen LogP contribution is -2.46. The minimum atomic E-state index is -0.0865. The van der Waals surface area contributed by atoms with E-state index in [0.717, 1.165) is 49.4 Å². The van der Waals surface area contributed by atoms with E-state index in [1.165, 1.54) is 0 Å². The number of ether oxygens (including phenoxy) is 1. The Bertz CT molecular complexity index is 978. The molecule has 2 aromatic heterocycles. The lowest BCUT2D eigenvalue weighted by atomic mass is 10.1. The van der Waals surface area contributed by atoms with Gasteiger partial charge in [0.25, 0.3) is 5.91 Å². The minimum absolute atomic E-state index is 0.0378. The Balaban J connectivity index is 1.60. The molecule has 28 heavy (non-hydrogen) atoms. The van der Waals surface area contributed by atoms with E-state index in [1.807, 2.05) is 56.6 Å². The van der Waals surface area contributed by atoms with Gasteiger partial charge in [-0.2, -0.15) is 5.10 Å². The fourth-order valence-electron chi connectivity index (χ4n) is 3.56. The fraction of sp³-hybridized carbons (Fsp3) is 0.381. The number of aryl methyl sites for hydroxylation is 1. The highest BCUT2D eigenvalue weighted by molar-refractivity contribution is 6.07. The number of morpholine rings is 1. The van der Waals surface area contributed by atoms with Crippen LogP contribution in [0.3, 0.4) is 0 Å². The fourth-order valence-corrected chi connectivity index (χ4v) is 3.56. The van der Waals surface area contributed by atoms with E-state index in [1.54, 1.807) is 4.68 Å². The topological polar surface area (TPSA) is 72.3 Å². The van der Waals surface area contributed by atoms with Gasteiger partial charge in [-0.25, -0.2) is 4.98 Å². The highest BCUT2D eigenvalue weighted by atomic mass is 16.5. The first-order chi connectivity index (χ1) is 13.6. The van der Waals surface area contributed by atoms with Crippen LogP contribution in [0.15, 0.2) is 42.6 Å². The highest BCUT2D eigenvalue weighted by Crippen LogP contribution is 2.24. The van der Waals surface area contributed by atoms with Gasteiger partial charge in [0.15, 0.2) is 0 Å². The average Bonchev–Trinajstić information content (AvgIpc) is 3.14. The van der Waals surface area contributed by atoms with Gasteiger partial charge in [-0.15, -0.1) is 0 Å². The summed E-state index contributed by atoms with van der Waals surface area (Å²) >= 11 is 0. The molecular weight excluding hydrogens is 354 g/mol. The molecule has 0 unspecified atom stereocenters. The van der Waals surface area contributed by atoms with Gasteiger partial charge in [0.05, 0.1) is 30.0 Å². The standard InChI is InChI=1S/C21H25N5O2/c1-15(14-26-9-11-28-12-10-26)22-21(27)17-13-20(19-7-8-25(2)24-19)23-18-6-4-3-5-16(17)18/h3-8,13,15H,9-12,14H2,1-2H3,(H,22,27)/t15-/m1/s1. The maximum Gasteiger partial charge on any atom is 0.252 e. The highest BCUT2D eigenvalue weighted by Gasteiger charge is 2.19. The van der Waals surface area contributed by atoms with Crippen molar-refractivity contribution in [2.24, 2.45) is 7.05 Å². The Morgan fingerprint density at radius 3 is 2.75 bits per heavy atom. The number of rotatable bonds is 5. The molecule has 0 bridgehead atoms. The second-order valence-corrected chi connectivity index (χ2v) is 7.23. The molecule has 1 fully saturated rings. The summed E-state index contributed by atoms with van der Waals surface area (Å²) in [5.74, 6) is -0.0865. The van der Waals surface area contributed by atoms with Crippen LogP contribution in [-0.4, -0.2) is 64.5 Å².